The van der Waals surface area contributed by atoms with Gasteiger partial charge in [0, 0.05) is 25.7 Å². The van der Waals surface area contributed by atoms with Crippen LogP contribution in [0.15, 0.2) is 23.0 Å². The summed E-state index contributed by atoms with van der Waals surface area (Å²) in [4.78, 5) is 22.1. The molecule has 2 heterocycles. The Kier molecular flexibility index (Phi) is 3.54. The van der Waals surface area contributed by atoms with Crippen molar-refractivity contribution in [2.24, 2.45) is 0 Å². The number of aromatic amines is 1. The molecule has 0 spiro atoms. The second-order valence-corrected chi connectivity index (χ2v) is 5.51. The predicted molar refractivity (Wildman–Crippen MR) is 79.8 cm³/mol. The summed E-state index contributed by atoms with van der Waals surface area (Å²) in [6, 6.07) is 6.17. The molecule has 5 heteroatoms. The maximum Gasteiger partial charge on any atom is 0.258 e. The lowest BCUT2D eigenvalue weighted by atomic mass is 10.1. The molecule has 2 N–H and O–H groups in total. The van der Waals surface area contributed by atoms with Crippen LogP contribution in [0.25, 0.3) is 10.9 Å². The van der Waals surface area contributed by atoms with Gasteiger partial charge in [0.15, 0.2) is 0 Å². The molecule has 20 heavy (non-hydrogen) atoms. The van der Waals surface area contributed by atoms with Gasteiger partial charge in [0.25, 0.3) is 5.56 Å². The summed E-state index contributed by atoms with van der Waals surface area (Å²) in [5, 5.41) is 4.03. The van der Waals surface area contributed by atoms with Crippen molar-refractivity contribution >= 4 is 10.9 Å². The maximum absolute atomic E-state index is 12.1. The van der Waals surface area contributed by atoms with E-state index in [-0.39, 0.29) is 5.56 Å². The Labute approximate surface area is 118 Å². The van der Waals surface area contributed by atoms with Crippen molar-refractivity contribution in [1.29, 1.82) is 0 Å². The van der Waals surface area contributed by atoms with Gasteiger partial charge in [0.05, 0.1) is 17.4 Å². The average molecular weight is 272 g/mol. The van der Waals surface area contributed by atoms with Crippen molar-refractivity contribution in [3.05, 3.63) is 39.9 Å². The fraction of sp³-hybridized carbons (Fsp3) is 0.467. The number of piperazine rings is 1. The lowest BCUT2D eigenvalue weighted by Gasteiger charge is -2.33. The number of nitrogens with one attached hydrogen (secondary N) is 2. The predicted octanol–water partition coefficient (Wildman–Crippen LogP) is 1.03. The number of benzene rings is 1. The molecule has 1 aliphatic rings. The zero-order valence-electron chi connectivity index (χ0n) is 11.9. The van der Waals surface area contributed by atoms with Gasteiger partial charge in [-0.3, -0.25) is 9.69 Å². The van der Waals surface area contributed by atoms with Crippen LogP contribution in [-0.4, -0.2) is 40.5 Å². The van der Waals surface area contributed by atoms with Crippen LogP contribution in [0.1, 0.15) is 18.3 Å². The summed E-state index contributed by atoms with van der Waals surface area (Å²) < 4.78 is 0. The number of fused-ring (bicyclic) bond motifs is 1. The summed E-state index contributed by atoms with van der Waals surface area (Å²) in [5.41, 5.74) is 1.81. The summed E-state index contributed by atoms with van der Waals surface area (Å²) >= 11 is 0. The van der Waals surface area contributed by atoms with Gasteiger partial charge in [-0.1, -0.05) is 12.1 Å². The molecule has 2 aromatic rings. The van der Waals surface area contributed by atoms with Gasteiger partial charge in [-0.2, -0.15) is 0 Å². The van der Waals surface area contributed by atoms with Crippen molar-refractivity contribution in [1.82, 2.24) is 20.2 Å². The van der Waals surface area contributed by atoms with Crippen LogP contribution in [0, 0.1) is 6.92 Å². The SMILES string of the molecule is Cc1cccc2c(=O)[nH]c(CN3CCNC[C@@H]3C)nc12. The highest BCUT2D eigenvalue weighted by Crippen LogP contribution is 2.13. The van der Waals surface area contributed by atoms with Gasteiger partial charge >= 0.3 is 0 Å². The molecule has 1 aliphatic heterocycles. The van der Waals surface area contributed by atoms with E-state index in [1.165, 1.54) is 0 Å². The minimum atomic E-state index is -0.0449. The monoisotopic (exact) mass is 272 g/mol. The summed E-state index contributed by atoms with van der Waals surface area (Å²) in [6.45, 7) is 7.83. The molecular weight excluding hydrogens is 252 g/mol. The topological polar surface area (TPSA) is 61.0 Å². The van der Waals surface area contributed by atoms with Gasteiger partial charge in [0.1, 0.15) is 5.82 Å². The molecule has 1 atom stereocenters. The van der Waals surface area contributed by atoms with Crippen molar-refractivity contribution in [3.63, 3.8) is 0 Å². The van der Waals surface area contributed by atoms with Crippen LogP contribution >= 0.6 is 0 Å². The first-order chi connectivity index (χ1) is 9.65. The second kappa shape index (κ2) is 5.34. The molecule has 0 amide bonds. The standard InChI is InChI=1S/C15H20N4O/c1-10-4-3-5-12-14(10)17-13(18-15(12)20)9-19-7-6-16-8-11(19)2/h3-5,11,16H,6-9H2,1-2H3,(H,17,18,20)/t11-/m0/s1. The molecule has 106 valence electrons. The molecular formula is C15H20N4O. The number of rotatable bonds is 2. The molecule has 3 rings (SSSR count). The lowest BCUT2D eigenvalue weighted by Crippen LogP contribution is -2.49. The number of aryl methyl sites for hydroxylation is 1. The number of aromatic nitrogens is 2. The van der Waals surface area contributed by atoms with Crippen molar-refractivity contribution in [2.75, 3.05) is 19.6 Å². The van der Waals surface area contributed by atoms with E-state index in [9.17, 15) is 4.79 Å². The summed E-state index contributed by atoms with van der Waals surface area (Å²) in [6.07, 6.45) is 0. The Morgan fingerprint density at radius 3 is 3.10 bits per heavy atom. The van der Waals surface area contributed by atoms with Gasteiger partial charge in [-0.25, -0.2) is 4.98 Å². The highest BCUT2D eigenvalue weighted by atomic mass is 16.1. The molecule has 0 saturated carbocycles. The van der Waals surface area contributed by atoms with Crippen molar-refractivity contribution < 1.29 is 0 Å². The van der Waals surface area contributed by atoms with E-state index in [4.69, 9.17) is 0 Å². The van der Waals surface area contributed by atoms with Gasteiger partial charge in [0.2, 0.25) is 0 Å². The minimum Gasteiger partial charge on any atom is -0.314 e. The van der Waals surface area contributed by atoms with Crippen LogP contribution in [0.2, 0.25) is 0 Å². The van der Waals surface area contributed by atoms with E-state index in [0.29, 0.717) is 18.0 Å². The minimum absolute atomic E-state index is 0.0449. The highest BCUT2D eigenvalue weighted by Gasteiger charge is 2.19. The van der Waals surface area contributed by atoms with Crippen LogP contribution in [0.3, 0.4) is 0 Å². The Bertz CT molecular complexity index is 679. The largest absolute Gasteiger partial charge is 0.314 e. The van der Waals surface area contributed by atoms with Crippen LogP contribution in [0.5, 0.6) is 0 Å². The molecule has 1 aromatic heterocycles. The van der Waals surface area contributed by atoms with E-state index in [1.807, 2.05) is 25.1 Å². The Balaban J connectivity index is 1.96. The van der Waals surface area contributed by atoms with E-state index in [0.717, 1.165) is 36.5 Å². The fourth-order valence-corrected chi connectivity index (χ4v) is 2.74. The molecule has 1 aromatic carbocycles. The van der Waals surface area contributed by atoms with E-state index < -0.39 is 0 Å². The Hall–Kier alpha value is -1.72. The fourth-order valence-electron chi connectivity index (χ4n) is 2.74. The first kappa shape index (κ1) is 13.3. The quantitative estimate of drug-likeness (QED) is 0.857. The molecule has 0 radical (unpaired) electrons. The molecule has 5 nitrogen and oxygen atoms in total. The van der Waals surface area contributed by atoms with E-state index >= 15 is 0 Å². The Morgan fingerprint density at radius 1 is 1.45 bits per heavy atom. The first-order valence-electron chi connectivity index (χ1n) is 7.08. The molecule has 0 unspecified atom stereocenters. The second-order valence-electron chi connectivity index (χ2n) is 5.51. The van der Waals surface area contributed by atoms with Crippen LogP contribution < -0.4 is 10.9 Å². The van der Waals surface area contributed by atoms with Gasteiger partial charge < -0.3 is 10.3 Å². The molecule has 1 saturated heterocycles. The third-order valence-electron chi connectivity index (χ3n) is 3.98. The number of nitrogens with zero attached hydrogens (tertiary/aromatic N) is 2. The van der Waals surface area contributed by atoms with E-state index in [1.54, 1.807) is 0 Å². The van der Waals surface area contributed by atoms with E-state index in [2.05, 4.69) is 27.1 Å². The van der Waals surface area contributed by atoms with Gasteiger partial charge in [-0.15, -0.1) is 0 Å². The van der Waals surface area contributed by atoms with Crippen molar-refractivity contribution in [3.8, 4) is 0 Å². The normalized spacial score (nSPS) is 20.4. The maximum atomic E-state index is 12.1. The summed E-state index contributed by atoms with van der Waals surface area (Å²) in [5.74, 6) is 0.755. The van der Waals surface area contributed by atoms with Crippen molar-refractivity contribution in [2.45, 2.75) is 26.4 Å². The van der Waals surface area contributed by atoms with Crippen LogP contribution in [0.4, 0.5) is 0 Å². The third kappa shape index (κ3) is 2.46. The molecule has 1 fully saturated rings. The van der Waals surface area contributed by atoms with Crippen LogP contribution in [-0.2, 0) is 6.54 Å². The third-order valence-corrected chi connectivity index (χ3v) is 3.98. The number of H-pyrrole nitrogens is 1. The summed E-state index contributed by atoms with van der Waals surface area (Å²) in [7, 11) is 0. The first-order valence-corrected chi connectivity index (χ1v) is 7.08. The Morgan fingerprint density at radius 2 is 2.30 bits per heavy atom. The lowest BCUT2D eigenvalue weighted by molar-refractivity contribution is 0.162. The smallest absolute Gasteiger partial charge is 0.258 e. The number of para-hydroxylation sites is 1. The highest BCUT2D eigenvalue weighted by molar-refractivity contribution is 5.80. The number of hydrogen-bond donors (Lipinski definition) is 2. The molecule has 0 bridgehead atoms. The van der Waals surface area contributed by atoms with Gasteiger partial charge in [-0.05, 0) is 25.5 Å². The zero-order chi connectivity index (χ0) is 14.1. The molecule has 0 aliphatic carbocycles. The zero-order valence-corrected chi connectivity index (χ0v) is 11.9. The average Bonchev–Trinajstić information content (AvgIpc) is 2.43. The number of hydrogen-bond acceptors (Lipinski definition) is 4.